The third-order valence-electron chi connectivity index (χ3n) is 4.07. The van der Waals surface area contributed by atoms with Crippen LogP contribution in [0.15, 0.2) is 22.2 Å². The van der Waals surface area contributed by atoms with Crippen molar-refractivity contribution in [3.63, 3.8) is 0 Å². The first-order valence-corrected chi connectivity index (χ1v) is 6.52. The molecule has 0 aromatic heterocycles. The van der Waals surface area contributed by atoms with E-state index in [1.165, 1.54) is 18.4 Å². The average Bonchev–Trinajstić information content (AvgIpc) is 2.54. The van der Waals surface area contributed by atoms with Crippen LogP contribution in [-0.4, -0.2) is 5.78 Å². The highest BCUT2D eigenvalue weighted by Gasteiger charge is 2.45. The summed E-state index contributed by atoms with van der Waals surface area (Å²) in [6.45, 7) is 3.96. The van der Waals surface area contributed by atoms with Gasteiger partial charge < -0.3 is 0 Å². The fourth-order valence-corrected chi connectivity index (χ4v) is 3.84. The van der Waals surface area contributed by atoms with Crippen LogP contribution in [0.4, 0.5) is 0 Å². The maximum absolute atomic E-state index is 11.6. The molecule has 0 bridgehead atoms. The van der Waals surface area contributed by atoms with E-state index in [-0.39, 0.29) is 11.2 Å². The van der Waals surface area contributed by atoms with Gasteiger partial charge in [-0.1, -0.05) is 34.5 Å². The number of halogens is 1. The number of carbonyl (C=O) groups is 1. The number of hydrogen-bond donors (Lipinski definition) is 0. The second-order valence-electron chi connectivity index (χ2n) is 4.92. The molecule has 0 aromatic rings. The van der Waals surface area contributed by atoms with Crippen molar-refractivity contribution in [3.8, 4) is 0 Å². The smallest absolute Gasteiger partial charge is 0.156 e. The summed E-state index contributed by atoms with van der Waals surface area (Å²) >= 11 is 3.46. The summed E-state index contributed by atoms with van der Waals surface area (Å²) in [5.74, 6) is 0.820. The first-order valence-electron chi connectivity index (χ1n) is 5.60. The molecular formula is C13H17BrO. The summed E-state index contributed by atoms with van der Waals surface area (Å²) in [4.78, 5) is 13.7. The molecule has 1 fully saturated rings. The Bertz CT molecular complexity index is 354. The molecule has 0 amide bonds. The molecule has 2 aliphatic rings. The van der Waals surface area contributed by atoms with Gasteiger partial charge >= 0.3 is 0 Å². The van der Waals surface area contributed by atoms with Gasteiger partial charge in [0.05, 0.1) is 0 Å². The third kappa shape index (κ3) is 1.63. The Hall–Kier alpha value is -0.370. The summed E-state index contributed by atoms with van der Waals surface area (Å²) in [6, 6.07) is 0. The number of ketones is 1. The minimum absolute atomic E-state index is 0.115. The largest absolute Gasteiger partial charge is 0.295 e. The molecule has 0 aromatic carbocycles. The number of hydrogen-bond acceptors (Lipinski definition) is 1. The van der Waals surface area contributed by atoms with Crippen LogP contribution in [0.1, 0.15) is 39.5 Å². The zero-order valence-corrected chi connectivity index (χ0v) is 10.9. The van der Waals surface area contributed by atoms with Crippen LogP contribution in [0.5, 0.6) is 0 Å². The molecule has 0 saturated heterocycles. The van der Waals surface area contributed by atoms with E-state index in [1.807, 2.05) is 0 Å². The van der Waals surface area contributed by atoms with Gasteiger partial charge in [-0.25, -0.2) is 0 Å². The third-order valence-corrected chi connectivity index (χ3v) is 4.66. The fourth-order valence-electron chi connectivity index (χ4n) is 3.30. The van der Waals surface area contributed by atoms with Gasteiger partial charge in [0.1, 0.15) is 0 Å². The highest BCUT2D eigenvalue weighted by molar-refractivity contribution is 9.11. The Balaban J connectivity index is 2.36. The van der Waals surface area contributed by atoms with Gasteiger partial charge in [-0.3, -0.25) is 4.79 Å². The number of allylic oxidation sites excluding steroid dienone is 3. The van der Waals surface area contributed by atoms with E-state index in [2.05, 4.69) is 33.9 Å². The molecule has 0 spiro atoms. The topological polar surface area (TPSA) is 17.1 Å². The maximum atomic E-state index is 11.6. The van der Waals surface area contributed by atoms with Crippen molar-refractivity contribution in [2.45, 2.75) is 39.5 Å². The van der Waals surface area contributed by atoms with E-state index in [0.717, 1.165) is 18.4 Å². The van der Waals surface area contributed by atoms with Gasteiger partial charge in [-0.2, -0.15) is 0 Å². The minimum Gasteiger partial charge on any atom is -0.295 e. The van der Waals surface area contributed by atoms with Crippen molar-refractivity contribution in [3.05, 3.63) is 22.2 Å². The Morgan fingerprint density at radius 2 is 2.40 bits per heavy atom. The fraction of sp³-hybridized carbons (Fsp3) is 0.615. The Morgan fingerprint density at radius 3 is 3.00 bits per heavy atom. The Kier molecular flexibility index (Phi) is 2.89. The van der Waals surface area contributed by atoms with Crippen molar-refractivity contribution in [2.24, 2.45) is 11.3 Å². The average molecular weight is 269 g/mol. The normalized spacial score (nSPS) is 37.7. The van der Waals surface area contributed by atoms with Crippen LogP contribution < -0.4 is 0 Å². The number of Topliss-reactive ketones (excluding diaryl/α,β-unsaturated/α-hetero) is 1. The molecule has 0 N–H and O–H groups in total. The molecule has 0 aliphatic heterocycles. The Morgan fingerprint density at radius 1 is 1.67 bits per heavy atom. The van der Waals surface area contributed by atoms with Crippen molar-refractivity contribution < 1.29 is 4.79 Å². The lowest BCUT2D eigenvalue weighted by molar-refractivity contribution is -0.114. The van der Waals surface area contributed by atoms with Gasteiger partial charge in [0, 0.05) is 5.41 Å². The molecule has 82 valence electrons. The van der Waals surface area contributed by atoms with E-state index in [1.54, 1.807) is 6.92 Å². The van der Waals surface area contributed by atoms with Gasteiger partial charge in [0.2, 0.25) is 0 Å². The second kappa shape index (κ2) is 3.89. The Labute approximate surface area is 99.8 Å². The highest BCUT2D eigenvalue weighted by atomic mass is 79.9. The van der Waals surface area contributed by atoms with E-state index in [0.29, 0.717) is 5.92 Å². The summed E-state index contributed by atoms with van der Waals surface area (Å²) in [5, 5.41) is 0. The molecule has 1 saturated carbocycles. The SMILES string of the molecule is CC(=O)C1=CC[C@H]2C(=CBr)CCC[C@]12C. The number of rotatable bonds is 1. The predicted octanol–water partition coefficient (Wildman–Crippen LogP) is 3.99. The lowest BCUT2D eigenvalue weighted by atomic mass is 9.64. The van der Waals surface area contributed by atoms with E-state index < -0.39 is 0 Å². The summed E-state index contributed by atoms with van der Waals surface area (Å²) in [7, 11) is 0. The van der Waals surface area contributed by atoms with Crippen LogP contribution in [0.2, 0.25) is 0 Å². The second-order valence-corrected chi connectivity index (χ2v) is 5.38. The van der Waals surface area contributed by atoms with Crippen LogP contribution in [-0.2, 0) is 4.79 Å². The summed E-state index contributed by atoms with van der Waals surface area (Å²) < 4.78 is 0. The van der Waals surface area contributed by atoms with E-state index in [4.69, 9.17) is 0 Å². The van der Waals surface area contributed by atoms with Crippen LogP contribution >= 0.6 is 15.9 Å². The van der Waals surface area contributed by atoms with Crippen LogP contribution in [0.25, 0.3) is 0 Å². The summed E-state index contributed by atoms with van der Waals surface area (Å²) in [6.07, 6.45) is 6.75. The zero-order valence-electron chi connectivity index (χ0n) is 9.35. The quantitative estimate of drug-likeness (QED) is 0.703. The van der Waals surface area contributed by atoms with Crippen molar-refractivity contribution in [1.29, 1.82) is 0 Å². The van der Waals surface area contributed by atoms with Gasteiger partial charge in [-0.15, -0.1) is 0 Å². The van der Waals surface area contributed by atoms with Gasteiger partial charge in [-0.05, 0) is 49.1 Å². The van der Waals surface area contributed by atoms with E-state index >= 15 is 0 Å². The molecule has 2 heteroatoms. The van der Waals surface area contributed by atoms with Gasteiger partial charge in [0.25, 0.3) is 0 Å². The number of fused-ring (bicyclic) bond motifs is 1. The first kappa shape index (κ1) is 11.1. The lowest BCUT2D eigenvalue weighted by Gasteiger charge is -2.40. The molecule has 1 nitrogen and oxygen atoms in total. The maximum Gasteiger partial charge on any atom is 0.156 e. The van der Waals surface area contributed by atoms with Gasteiger partial charge in [0.15, 0.2) is 5.78 Å². The predicted molar refractivity (Wildman–Crippen MR) is 65.8 cm³/mol. The summed E-state index contributed by atoms with van der Waals surface area (Å²) in [5.41, 5.74) is 2.67. The van der Waals surface area contributed by atoms with Crippen LogP contribution in [0, 0.1) is 11.3 Å². The zero-order chi connectivity index (χ0) is 11.1. The monoisotopic (exact) mass is 268 g/mol. The van der Waals surface area contributed by atoms with Crippen molar-refractivity contribution in [2.75, 3.05) is 0 Å². The molecule has 0 unspecified atom stereocenters. The number of carbonyl (C=O) groups excluding carboxylic acids is 1. The van der Waals surface area contributed by atoms with Crippen LogP contribution in [0.3, 0.4) is 0 Å². The van der Waals surface area contributed by atoms with Crippen molar-refractivity contribution in [1.82, 2.24) is 0 Å². The highest BCUT2D eigenvalue weighted by Crippen LogP contribution is 2.54. The molecule has 0 heterocycles. The standard InChI is InChI=1S/C13H17BrO/c1-9(15)11-5-6-12-10(8-14)4-3-7-13(11,12)2/h5,8,12H,3-4,6-7H2,1-2H3/t12-,13+/m0/s1. The van der Waals surface area contributed by atoms with E-state index in [9.17, 15) is 4.79 Å². The minimum atomic E-state index is 0.115. The first-order chi connectivity index (χ1) is 7.09. The molecule has 15 heavy (non-hydrogen) atoms. The molecule has 2 rings (SSSR count). The lowest BCUT2D eigenvalue weighted by Crippen LogP contribution is -2.32. The van der Waals surface area contributed by atoms with Crippen molar-refractivity contribution >= 4 is 21.7 Å². The molecular weight excluding hydrogens is 252 g/mol. The molecule has 2 atom stereocenters. The molecule has 0 radical (unpaired) electrons. The molecule has 2 aliphatic carbocycles.